The van der Waals surface area contributed by atoms with Crippen LogP contribution in [-0.2, 0) is 9.59 Å². The van der Waals surface area contributed by atoms with Gasteiger partial charge in [-0.15, -0.1) is 11.3 Å². The van der Waals surface area contributed by atoms with Crippen molar-refractivity contribution in [3.8, 4) is 5.75 Å². The molecule has 1 aliphatic rings. The van der Waals surface area contributed by atoms with Crippen molar-refractivity contribution in [3.63, 3.8) is 0 Å². The Morgan fingerprint density at radius 2 is 1.94 bits per heavy atom. The average Bonchev–Trinajstić information content (AvgIpc) is 3.52. The summed E-state index contributed by atoms with van der Waals surface area (Å²) in [7, 11) is 0. The zero-order valence-electron chi connectivity index (χ0n) is 18.0. The molecule has 1 amide bonds. The molecule has 1 atom stereocenters. The Kier molecular flexibility index (Phi) is 5.22. The molecule has 7 nitrogen and oxygen atoms in total. The van der Waals surface area contributed by atoms with E-state index in [-0.39, 0.29) is 23.4 Å². The van der Waals surface area contributed by atoms with Crippen molar-refractivity contribution in [2.45, 2.75) is 26.0 Å². The van der Waals surface area contributed by atoms with E-state index in [2.05, 4.69) is 9.97 Å². The fraction of sp³-hybridized carbons (Fsp3) is 0.160. The van der Waals surface area contributed by atoms with Gasteiger partial charge in [-0.1, -0.05) is 30.3 Å². The Labute approximate surface area is 194 Å². The van der Waals surface area contributed by atoms with Crippen LogP contribution < -0.4 is 9.64 Å². The zero-order chi connectivity index (χ0) is 23.1. The van der Waals surface area contributed by atoms with Gasteiger partial charge in [0.1, 0.15) is 17.6 Å². The van der Waals surface area contributed by atoms with Crippen molar-refractivity contribution in [3.05, 3.63) is 82.1 Å². The van der Waals surface area contributed by atoms with Crippen LogP contribution in [0.5, 0.6) is 5.75 Å². The summed E-state index contributed by atoms with van der Waals surface area (Å²) in [5.41, 5.74) is 1.85. The first-order valence-corrected chi connectivity index (χ1v) is 11.4. The molecule has 2 aromatic heterocycles. The Morgan fingerprint density at radius 1 is 1.12 bits per heavy atom. The third-order valence-electron chi connectivity index (χ3n) is 5.34. The van der Waals surface area contributed by atoms with Gasteiger partial charge in [0.15, 0.2) is 0 Å². The molecule has 0 radical (unpaired) electrons. The second kappa shape index (κ2) is 8.22. The SMILES string of the molecule is CC(C)Oc1cccc(/C(O)=C2\C(=O)C(=O)N(c3nc4ccccc4[nH]3)C2c2cccs2)c1. The maximum atomic E-state index is 13.2. The van der Waals surface area contributed by atoms with Crippen LogP contribution in [0.1, 0.15) is 30.3 Å². The first kappa shape index (κ1) is 21.0. The van der Waals surface area contributed by atoms with Crippen LogP contribution in [0.15, 0.2) is 71.6 Å². The van der Waals surface area contributed by atoms with Crippen LogP contribution in [0, 0.1) is 0 Å². The number of benzene rings is 2. The second-order valence-corrected chi connectivity index (χ2v) is 8.94. The molecular weight excluding hydrogens is 438 g/mol. The maximum absolute atomic E-state index is 13.2. The van der Waals surface area contributed by atoms with Crippen molar-refractivity contribution in [1.29, 1.82) is 0 Å². The number of carbonyl (C=O) groups excluding carboxylic acids is 2. The summed E-state index contributed by atoms with van der Waals surface area (Å²) in [5.74, 6) is -0.939. The molecule has 33 heavy (non-hydrogen) atoms. The molecule has 0 bridgehead atoms. The summed E-state index contributed by atoms with van der Waals surface area (Å²) < 4.78 is 5.73. The third kappa shape index (κ3) is 3.68. The molecule has 2 N–H and O–H groups in total. The molecule has 8 heteroatoms. The lowest BCUT2D eigenvalue weighted by Crippen LogP contribution is -2.30. The number of aliphatic hydroxyl groups excluding tert-OH is 1. The number of amides is 1. The highest BCUT2D eigenvalue weighted by Crippen LogP contribution is 2.43. The van der Waals surface area contributed by atoms with Crippen molar-refractivity contribution in [1.82, 2.24) is 9.97 Å². The fourth-order valence-corrected chi connectivity index (χ4v) is 4.79. The average molecular weight is 460 g/mol. The summed E-state index contributed by atoms with van der Waals surface area (Å²) in [6, 6.07) is 17.1. The Balaban J connectivity index is 1.67. The van der Waals surface area contributed by atoms with Crippen molar-refractivity contribution < 1.29 is 19.4 Å². The number of anilines is 1. The lowest BCUT2D eigenvalue weighted by Gasteiger charge is -2.21. The van der Waals surface area contributed by atoms with Gasteiger partial charge in [-0.25, -0.2) is 4.98 Å². The molecule has 3 heterocycles. The number of thiophene rings is 1. The van der Waals surface area contributed by atoms with E-state index in [4.69, 9.17) is 4.74 Å². The minimum absolute atomic E-state index is 0.0182. The number of hydrogen-bond donors (Lipinski definition) is 2. The Morgan fingerprint density at radius 3 is 2.67 bits per heavy atom. The number of fused-ring (bicyclic) bond motifs is 1. The second-order valence-electron chi connectivity index (χ2n) is 7.96. The molecule has 1 saturated heterocycles. The first-order valence-electron chi connectivity index (χ1n) is 10.5. The number of nitrogens with zero attached hydrogens (tertiary/aromatic N) is 2. The summed E-state index contributed by atoms with van der Waals surface area (Å²) >= 11 is 1.40. The number of aromatic amines is 1. The molecule has 0 spiro atoms. The van der Waals surface area contributed by atoms with Crippen LogP contribution in [0.4, 0.5) is 5.95 Å². The number of Topliss-reactive ketones (excluding diaryl/α,β-unsaturated/α-hetero) is 1. The zero-order valence-corrected chi connectivity index (χ0v) is 18.8. The largest absolute Gasteiger partial charge is 0.507 e. The maximum Gasteiger partial charge on any atom is 0.302 e. The van der Waals surface area contributed by atoms with Gasteiger partial charge in [0.2, 0.25) is 5.95 Å². The molecule has 1 fully saturated rings. The summed E-state index contributed by atoms with van der Waals surface area (Å²) in [6.45, 7) is 3.81. The van der Waals surface area contributed by atoms with Crippen LogP contribution in [0.25, 0.3) is 16.8 Å². The topological polar surface area (TPSA) is 95.5 Å². The molecule has 2 aromatic carbocycles. The first-order chi connectivity index (χ1) is 15.9. The highest BCUT2D eigenvalue weighted by Gasteiger charge is 2.48. The van der Waals surface area contributed by atoms with Crippen molar-refractivity contribution in [2.75, 3.05) is 4.90 Å². The monoisotopic (exact) mass is 459 g/mol. The van der Waals surface area contributed by atoms with E-state index >= 15 is 0 Å². The predicted octanol–water partition coefficient (Wildman–Crippen LogP) is 5.04. The smallest absolute Gasteiger partial charge is 0.302 e. The van der Waals surface area contributed by atoms with E-state index in [9.17, 15) is 14.7 Å². The van der Waals surface area contributed by atoms with Crippen LogP contribution in [-0.4, -0.2) is 32.9 Å². The Bertz CT molecular complexity index is 1350. The van der Waals surface area contributed by atoms with E-state index in [1.807, 2.05) is 55.6 Å². The van der Waals surface area contributed by atoms with Crippen LogP contribution >= 0.6 is 11.3 Å². The fourth-order valence-electron chi connectivity index (χ4n) is 3.96. The van der Waals surface area contributed by atoms with Gasteiger partial charge in [0.05, 0.1) is 22.7 Å². The number of aliphatic hydroxyl groups is 1. The quantitative estimate of drug-likeness (QED) is 0.248. The number of carbonyl (C=O) groups is 2. The van der Waals surface area contributed by atoms with Gasteiger partial charge >= 0.3 is 5.91 Å². The number of hydrogen-bond acceptors (Lipinski definition) is 6. The molecule has 0 aliphatic carbocycles. The molecule has 5 rings (SSSR count). The van der Waals surface area contributed by atoms with Gasteiger partial charge in [-0.05, 0) is 49.6 Å². The van der Waals surface area contributed by atoms with Gasteiger partial charge in [0.25, 0.3) is 5.78 Å². The molecule has 4 aromatic rings. The number of nitrogens with one attached hydrogen (secondary N) is 1. The predicted molar refractivity (Wildman–Crippen MR) is 127 cm³/mol. The molecule has 1 aliphatic heterocycles. The van der Waals surface area contributed by atoms with Crippen LogP contribution in [0.3, 0.4) is 0 Å². The molecule has 0 saturated carbocycles. The third-order valence-corrected chi connectivity index (χ3v) is 6.27. The lowest BCUT2D eigenvalue weighted by atomic mass is 10.00. The van der Waals surface area contributed by atoms with Crippen molar-refractivity contribution in [2.24, 2.45) is 0 Å². The number of para-hydroxylation sites is 2. The highest BCUT2D eigenvalue weighted by atomic mass is 32.1. The van der Waals surface area contributed by atoms with E-state index in [0.29, 0.717) is 16.8 Å². The number of imidazole rings is 1. The lowest BCUT2D eigenvalue weighted by molar-refractivity contribution is -0.132. The number of aromatic nitrogens is 2. The number of H-pyrrole nitrogens is 1. The summed E-state index contributed by atoms with van der Waals surface area (Å²) in [4.78, 5) is 36.1. The van der Waals surface area contributed by atoms with Crippen molar-refractivity contribution >= 4 is 45.8 Å². The van der Waals surface area contributed by atoms with Crippen LogP contribution in [0.2, 0.25) is 0 Å². The minimum atomic E-state index is -0.805. The minimum Gasteiger partial charge on any atom is -0.507 e. The Hall–Kier alpha value is -3.91. The molecule has 1 unspecified atom stereocenters. The number of ether oxygens (including phenoxy) is 1. The number of rotatable bonds is 5. The molecule has 166 valence electrons. The normalized spacial score (nSPS) is 17.9. The van der Waals surface area contributed by atoms with Gasteiger partial charge in [0, 0.05) is 10.4 Å². The van der Waals surface area contributed by atoms with E-state index in [1.165, 1.54) is 16.2 Å². The van der Waals surface area contributed by atoms with Gasteiger partial charge in [-0.3, -0.25) is 14.5 Å². The van der Waals surface area contributed by atoms with E-state index < -0.39 is 17.7 Å². The summed E-state index contributed by atoms with van der Waals surface area (Å²) in [6.07, 6.45) is -0.0489. The van der Waals surface area contributed by atoms with E-state index in [0.717, 1.165) is 10.4 Å². The van der Waals surface area contributed by atoms with Gasteiger partial charge in [-0.2, -0.15) is 0 Å². The standard InChI is InChI=1S/C25H21N3O4S/c1-14(2)32-16-8-5-7-15(13-16)22(29)20-21(19-11-6-12-33-19)28(24(31)23(20)30)25-26-17-9-3-4-10-18(17)27-25/h3-14,21,29H,1-2H3,(H,26,27)/b22-20+. The number of ketones is 1. The van der Waals surface area contributed by atoms with Gasteiger partial charge < -0.3 is 14.8 Å². The van der Waals surface area contributed by atoms with E-state index in [1.54, 1.807) is 24.3 Å². The highest BCUT2D eigenvalue weighted by molar-refractivity contribution is 7.10. The summed E-state index contributed by atoms with van der Waals surface area (Å²) in [5, 5.41) is 13.1. The molecular formula is C25H21N3O4S.